The van der Waals surface area contributed by atoms with Crippen LogP contribution in [0.15, 0.2) is 23.1 Å². The Morgan fingerprint density at radius 3 is 2.44 bits per heavy atom. The van der Waals surface area contributed by atoms with E-state index in [2.05, 4.69) is 16.0 Å². The molecular weight excluding hydrogens is 391 g/mol. The Morgan fingerprint density at radius 2 is 1.92 bits per heavy atom. The van der Waals surface area contributed by atoms with Crippen molar-refractivity contribution in [3.63, 3.8) is 0 Å². The highest BCUT2D eigenvalue weighted by Crippen LogP contribution is 2.24. The van der Waals surface area contributed by atoms with Gasteiger partial charge in [-0.3, -0.25) is 4.79 Å². The molecule has 0 fully saturated rings. The van der Waals surface area contributed by atoms with E-state index in [1.54, 1.807) is 0 Å². The number of halogens is 2. The van der Waals surface area contributed by atoms with Gasteiger partial charge in [0.2, 0.25) is 15.9 Å². The average Bonchev–Trinajstić information content (AvgIpc) is 2.57. The van der Waals surface area contributed by atoms with Gasteiger partial charge in [-0.15, -0.1) is 12.3 Å². The molecule has 0 radical (unpaired) electrons. The van der Waals surface area contributed by atoms with Gasteiger partial charge in [-0.25, -0.2) is 8.42 Å². The van der Waals surface area contributed by atoms with Crippen LogP contribution in [-0.2, 0) is 24.3 Å². The molecule has 7 nitrogen and oxygen atoms in total. The van der Waals surface area contributed by atoms with Crippen molar-refractivity contribution >= 4 is 39.1 Å². The lowest BCUT2D eigenvalue weighted by molar-refractivity contribution is -0.128. The first-order valence-electron chi connectivity index (χ1n) is 6.99. The zero-order valence-electron chi connectivity index (χ0n) is 13.6. The molecule has 10 heteroatoms. The molecule has 0 aliphatic rings. The normalized spacial score (nSPS) is 12.6. The number of hydrogen-bond donors (Lipinski definition) is 2. The molecule has 1 unspecified atom stereocenters. The molecule has 1 rings (SSSR count). The Kier molecular flexibility index (Phi) is 8.65. The zero-order valence-corrected chi connectivity index (χ0v) is 15.9. The van der Waals surface area contributed by atoms with Crippen LogP contribution >= 0.6 is 23.2 Å². The number of hydrogen-bond acceptors (Lipinski definition) is 5. The summed E-state index contributed by atoms with van der Waals surface area (Å²) in [6.45, 7) is 0.0292. The number of benzene rings is 1. The topological polar surface area (TPSA) is 93.7 Å². The molecule has 0 heterocycles. The van der Waals surface area contributed by atoms with E-state index in [1.165, 1.54) is 32.4 Å². The number of carbonyl (C=O) groups is 1. The van der Waals surface area contributed by atoms with Crippen molar-refractivity contribution in [2.75, 3.05) is 20.8 Å². The number of ether oxygens (including phenoxy) is 2. The third-order valence-corrected chi connectivity index (χ3v) is 5.31. The summed E-state index contributed by atoms with van der Waals surface area (Å²) in [6.07, 6.45) is 4.42. The molecule has 2 N–H and O–H groups in total. The molecule has 25 heavy (non-hydrogen) atoms. The van der Waals surface area contributed by atoms with Crippen molar-refractivity contribution in [1.29, 1.82) is 0 Å². The van der Waals surface area contributed by atoms with E-state index < -0.39 is 28.3 Å². The zero-order chi connectivity index (χ0) is 19.0. The SMILES string of the molecule is C#CCC(NS(=O)(=O)c1ccc(Cl)c(Cl)c1)C(=O)NCC(OC)OC. The molecule has 0 spiro atoms. The van der Waals surface area contributed by atoms with Crippen molar-refractivity contribution in [2.45, 2.75) is 23.6 Å². The van der Waals surface area contributed by atoms with Crippen LogP contribution in [0.4, 0.5) is 0 Å². The predicted molar refractivity (Wildman–Crippen MR) is 94.8 cm³/mol. The summed E-state index contributed by atoms with van der Waals surface area (Å²) in [5, 5.41) is 2.79. The van der Waals surface area contributed by atoms with Crippen molar-refractivity contribution in [2.24, 2.45) is 0 Å². The van der Waals surface area contributed by atoms with Crippen LogP contribution in [0.2, 0.25) is 10.0 Å². The van der Waals surface area contributed by atoms with Crippen molar-refractivity contribution in [1.82, 2.24) is 10.0 Å². The van der Waals surface area contributed by atoms with E-state index in [-0.39, 0.29) is 27.9 Å². The Balaban J connectivity index is 2.90. The fourth-order valence-electron chi connectivity index (χ4n) is 1.78. The first kappa shape index (κ1) is 21.7. The summed E-state index contributed by atoms with van der Waals surface area (Å²) >= 11 is 11.6. The molecule has 0 saturated heterocycles. The first-order chi connectivity index (χ1) is 11.7. The van der Waals surface area contributed by atoms with Gasteiger partial charge in [-0.2, -0.15) is 4.72 Å². The number of rotatable bonds is 9. The lowest BCUT2D eigenvalue weighted by Crippen LogP contribution is -2.48. The van der Waals surface area contributed by atoms with E-state index >= 15 is 0 Å². The summed E-state index contributed by atoms with van der Waals surface area (Å²) in [7, 11) is -1.21. The number of terminal acetylenes is 1. The summed E-state index contributed by atoms with van der Waals surface area (Å²) in [5.74, 6) is 1.65. The molecule has 138 valence electrons. The number of carbonyl (C=O) groups excluding carboxylic acids is 1. The van der Waals surface area contributed by atoms with Gasteiger partial charge < -0.3 is 14.8 Å². The largest absolute Gasteiger partial charge is 0.354 e. The van der Waals surface area contributed by atoms with Gasteiger partial charge in [0.05, 0.1) is 21.5 Å². The van der Waals surface area contributed by atoms with Gasteiger partial charge in [0.1, 0.15) is 6.04 Å². The van der Waals surface area contributed by atoms with Crippen LogP contribution in [0, 0.1) is 12.3 Å². The fraction of sp³-hybridized carbons (Fsp3) is 0.400. The molecule has 1 aromatic carbocycles. The number of amides is 1. The highest BCUT2D eigenvalue weighted by Gasteiger charge is 2.26. The lowest BCUT2D eigenvalue weighted by Gasteiger charge is -2.19. The maximum atomic E-state index is 12.4. The van der Waals surface area contributed by atoms with E-state index in [1.807, 2.05) is 0 Å². The maximum absolute atomic E-state index is 12.4. The monoisotopic (exact) mass is 408 g/mol. The van der Waals surface area contributed by atoms with Crippen LogP contribution in [-0.4, -0.2) is 47.4 Å². The fourth-order valence-corrected chi connectivity index (χ4v) is 3.36. The third kappa shape index (κ3) is 6.47. The minimum atomic E-state index is -4.03. The molecule has 0 bridgehead atoms. The van der Waals surface area contributed by atoms with Crippen LogP contribution < -0.4 is 10.0 Å². The number of sulfonamides is 1. The molecule has 0 saturated carbocycles. The van der Waals surface area contributed by atoms with Gasteiger partial charge in [0.15, 0.2) is 6.29 Å². The molecule has 1 aromatic rings. The Morgan fingerprint density at radius 1 is 1.28 bits per heavy atom. The summed E-state index contributed by atoms with van der Waals surface area (Å²) in [6, 6.07) is 2.63. The van der Waals surface area contributed by atoms with E-state index in [9.17, 15) is 13.2 Å². The maximum Gasteiger partial charge on any atom is 0.241 e. The van der Waals surface area contributed by atoms with Gasteiger partial charge >= 0.3 is 0 Å². The number of methoxy groups -OCH3 is 2. The summed E-state index contributed by atoms with van der Waals surface area (Å²) in [4.78, 5) is 12.1. The average molecular weight is 409 g/mol. The van der Waals surface area contributed by atoms with Crippen LogP contribution in [0.25, 0.3) is 0 Å². The minimum absolute atomic E-state index is 0.0292. The van der Waals surface area contributed by atoms with Gasteiger partial charge in [0.25, 0.3) is 0 Å². The second-order valence-corrected chi connectivity index (χ2v) is 7.33. The van der Waals surface area contributed by atoms with Crippen LogP contribution in [0.5, 0.6) is 0 Å². The Bertz CT molecular complexity index is 745. The van der Waals surface area contributed by atoms with Gasteiger partial charge in [0, 0.05) is 20.6 Å². The Hall–Kier alpha value is -1.34. The van der Waals surface area contributed by atoms with E-state index in [0.29, 0.717) is 0 Å². The highest BCUT2D eigenvalue weighted by atomic mass is 35.5. The lowest BCUT2D eigenvalue weighted by atomic mass is 10.2. The number of nitrogens with one attached hydrogen (secondary N) is 2. The molecule has 1 amide bonds. The van der Waals surface area contributed by atoms with Crippen LogP contribution in [0.3, 0.4) is 0 Å². The quantitative estimate of drug-likeness (QED) is 0.475. The van der Waals surface area contributed by atoms with Crippen molar-refractivity contribution in [3.05, 3.63) is 28.2 Å². The second-order valence-electron chi connectivity index (χ2n) is 4.80. The van der Waals surface area contributed by atoms with Crippen molar-refractivity contribution < 1.29 is 22.7 Å². The standard InChI is InChI=1S/C15H18Cl2N2O5S/c1-4-5-13(15(20)18-9-14(23-2)24-3)19-25(21,22)10-6-7-11(16)12(17)8-10/h1,6-8,13-14,19H,5,9H2,2-3H3,(H,18,20). The third-order valence-electron chi connectivity index (χ3n) is 3.11. The predicted octanol–water partition coefficient (Wildman–Crippen LogP) is 1.40. The highest BCUT2D eigenvalue weighted by molar-refractivity contribution is 7.89. The molecular formula is C15H18Cl2N2O5S. The molecule has 0 aromatic heterocycles. The van der Waals surface area contributed by atoms with E-state index in [4.69, 9.17) is 39.1 Å². The Labute approximate surface area is 157 Å². The molecule has 0 aliphatic heterocycles. The van der Waals surface area contributed by atoms with Gasteiger partial charge in [-0.05, 0) is 18.2 Å². The minimum Gasteiger partial charge on any atom is -0.354 e. The smallest absolute Gasteiger partial charge is 0.241 e. The first-order valence-corrected chi connectivity index (χ1v) is 9.23. The molecule has 1 atom stereocenters. The van der Waals surface area contributed by atoms with Crippen molar-refractivity contribution in [3.8, 4) is 12.3 Å². The van der Waals surface area contributed by atoms with Crippen LogP contribution in [0.1, 0.15) is 6.42 Å². The summed E-state index contributed by atoms with van der Waals surface area (Å²) < 4.78 is 37.0. The van der Waals surface area contributed by atoms with Gasteiger partial charge in [-0.1, -0.05) is 23.2 Å². The molecule has 0 aliphatic carbocycles. The second kappa shape index (κ2) is 9.97. The summed E-state index contributed by atoms with van der Waals surface area (Å²) in [5.41, 5.74) is 0. The van der Waals surface area contributed by atoms with E-state index in [0.717, 1.165) is 0 Å².